The highest BCUT2D eigenvalue weighted by molar-refractivity contribution is 6.02. The molecule has 0 saturated heterocycles. The van der Waals surface area contributed by atoms with E-state index in [1.165, 1.54) is 9.80 Å². The van der Waals surface area contributed by atoms with Crippen LogP contribution in [0.5, 0.6) is 11.5 Å². The number of rotatable bonds is 8. The summed E-state index contributed by atoms with van der Waals surface area (Å²) in [5, 5.41) is 0. The molecule has 0 atom stereocenters. The largest absolute Gasteiger partial charge is 0.485 e. The number of fused-ring (bicyclic) bond motifs is 1. The van der Waals surface area contributed by atoms with Crippen LogP contribution in [-0.4, -0.2) is 49.3 Å². The van der Waals surface area contributed by atoms with Crippen LogP contribution in [0.25, 0.3) is 0 Å². The maximum atomic E-state index is 12.8. The Morgan fingerprint density at radius 1 is 1.12 bits per heavy atom. The molecule has 2 aromatic carbocycles. The van der Waals surface area contributed by atoms with Crippen molar-refractivity contribution in [3.63, 3.8) is 0 Å². The first kappa shape index (κ1) is 23.1. The molecule has 1 aliphatic rings. The average molecular weight is 463 g/mol. The van der Waals surface area contributed by atoms with Crippen LogP contribution >= 0.6 is 0 Å². The zero-order valence-electron chi connectivity index (χ0n) is 19.4. The van der Waals surface area contributed by atoms with E-state index in [2.05, 4.69) is 0 Å². The first-order valence-electron chi connectivity index (χ1n) is 11.0. The number of Topliss-reactive ketones (excluding diaryl/α,β-unsaturated/α-hetero) is 1. The van der Waals surface area contributed by atoms with E-state index >= 15 is 0 Å². The second kappa shape index (κ2) is 9.82. The van der Waals surface area contributed by atoms with Crippen LogP contribution in [0.2, 0.25) is 0 Å². The highest BCUT2D eigenvalue weighted by Gasteiger charge is 2.28. The highest BCUT2D eigenvalue weighted by Crippen LogP contribution is 2.34. The highest BCUT2D eigenvalue weighted by atomic mass is 16.5. The van der Waals surface area contributed by atoms with Crippen molar-refractivity contribution in [1.82, 2.24) is 4.90 Å². The van der Waals surface area contributed by atoms with Crippen LogP contribution < -0.4 is 14.4 Å². The lowest BCUT2D eigenvalue weighted by atomic mass is 10.1. The van der Waals surface area contributed by atoms with Crippen molar-refractivity contribution in [2.24, 2.45) is 0 Å². The van der Waals surface area contributed by atoms with Crippen molar-refractivity contribution in [3.8, 4) is 11.5 Å². The molecule has 0 fully saturated rings. The molecule has 0 radical (unpaired) electrons. The molecule has 0 spiro atoms. The van der Waals surface area contributed by atoms with Gasteiger partial charge in [0.15, 0.2) is 24.8 Å². The van der Waals surface area contributed by atoms with E-state index in [1.54, 1.807) is 37.4 Å². The van der Waals surface area contributed by atoms with Gasteiger partial charge in [0.1, 0.15) is 17.3 Å². The zero-order valence-corrected chi connectivity index (χ0v) is 19.4. The molecule has 3 aromatic rings. The van der Waals surface area contributed by atoms with Gasteiger partial charge in [-0.2, -0.15) is 0 Å². The molecule has 176 valence electrons. The van der Waals surface area contributed by atoms with Crippen LogP contribution in [0.1, 0.15) is 39.2 Å². The fourth-order valence-corrected chi connectivity index (χ4v) is 3.56. The van der Waals surface area contributed by atoms with Gasteiger partial charge in [0.2, 0.25) is 0 Å². The first-order chi connectivity index (χ1) is 16.4. The zero-order chi connectivity index (χ0) is 24.2. The number of hydrogen-bond donors (Lipinski definition) is 0. The number of benzene rings is 2. The lowest BCUT2D eigenvalue weighted by molar-refractivity contribution is -0.121. The number of para-hydroxylation sites is 1. The van der Waals surface area contributed by atoms with E-state index in [-0.39, 0.29) is 43.1 Å². The minimum atomic E-state index is -0.275. The van der Waals surface area contributed by atoms with E-state index < -0.39 is 0 Å². The SMILES string of the molecule is CCN(C)C(=O)c1ccc(CN2C(=O)COc3ccc(C(=O)COc4ccccc4C)cc32)o1. The Bertz CT molecular complexity index is 1230. The van der Waals surface area contributed by atoms with Crippen molar-refractivity contribution in [1.29, 1.82) is 0 Å². The lowest BCUT2D eigenvalue weighted by Gasteiger charge is -2.29. The Morgan fingerprint density at radius 2 is 1.91 bits per heavy atom. The Balaban J connectivity index is 1.52. The third-order valence-corrected chi connectivity index (χ3v) is 5.68. The molecule has 8 heteroatoms. The summed E-state index contributed by atoms with van der Waals surface area (Å²) in [4.78, 5) is 40.8. The number of ketones is 1. The van der Waals surface area contributed by atoms with Crippen molar-refractivity contribution < 1.29 is 28.3 Å². The molecule has 0 aliphatic carbocycles. The molecule has 4 rings (SSSR count). The van der Waals surface area contributed by atoms with Crippen LogP contribution in [0.4, 0.5) is 5.69 Å². The molecular weight excluding hydrogens is 436 g/mol. The Hall–Kier alpha value is -4.07. The summed E-state index contributed by atoms with van der Waals surface area (Å²) in [7, 11) is 1.69. The second-order valence-electron chi connectivity index (χ2n) is 8.01. The molecule has 0 N–H and O–H groups in total. The summed E-state index contributed by atoms with van der Waals surface area (Å²) in [6.45, 7) is 4.18. The van der Waals surface area contributed by atoms with Gasteiger partial charge in [-0.25, -0.2) is 0 Å². The molecular formula is C26H26N2O6. The summed E-state index contributed by atoms with van der Waals surface area (Å²) in [6.07, 6.45) is 0. The number of carbonyl (C=O) groups excluding carboxylic acids is 3. The molecule has 1 aliphatic heterocycles. The van der Waals surface area contributed by atoms with Crippen molar-refractivity contribution in [2.45, 2.75) is 20.4 Å². The fourth-order valence-electron chi connectivity index (χ4n) is 3.56. The summed E-state index contributed by atoms with van der Waals surface area (Å²) in [5.74, 6) is 1.06. The number of hydrogen-bond acceptors (Lipinski definition) is 6. The smallest absolute Gasteiger partial charge is 0.289 e. The number of aryl methyl sites for hydroxylation is 1. The minimum Gasteiger partial charge on any atom is -0.485 e. The van der Waals surface area contributed by atoms with Gasteiger partial charge in [-0.05, 0) is 55.8 Å². The molecule has 8 nitrogen and oxygen atoms in total. The summed E-state index contributed by atoms with van der Waals surface area (Å²) >= 11 is 0. The van der Waals surface area contributed by atoms with Crippen LogP contribution in [-0.2, 0) is 11.3 Å². The van der Waals surface area contributed by atoms with Crippen molar-refractivity contribution in [2.75, 3.05) is 31.7 Å². The first-order valence-corrected chi connectivity index (χ1v) is 11.0. The van der Waals surface area contributed by atoms with Gasteiger partial charge in [-0.1, -0.05) is 18.2 Å². The number of amides is 2. The summed E-state index contributed by atoms with van der Waals surface area (Å²) < 4.78 is 16.9. The van der Waals surface area contributed by atoms with Crippen LogP contribution in [0, 0.1) is 6.92 Å². The van der Waals surface area contributed by atoms with Gasteiger partial charge < -0.3 is 18.8 Å². The van der Waals surface area contributed by atoms with E-state index in [0.29, 0.717) is 35.1 Å². The summed E-state index contributed by atoms with van der Waals surface area (Å²) in [5.41, 5.74) is 1.80. The number of nitrogens with zero attached hydrogens (tertiary/aromatic N) is 2. The van der Waals surface area contributed by atoms with Gasteiger partial charge in [0.25, 0.3) is 11.8 Å². The Labute approximate surface area is 197 Å². The maximum Gasteiger partial charge on any atom is 0.289 e. The quantitative estimate of drug-likeness (QED) is 0.472. The number of carbonyl (C=O) groups is 3. The molecule has 2 amide bonds. The average Bonchev–Trinajstić information content (AvgIpc) is 3.32. The second-order valence-corrected chi connectivity index (χ2v) is 8.01. The van der Waals surface area contributed by atoms with Gasteiger partial charge in [-0.3, -0.25) is 19.3 Å². The van der Waals surface area contributed by atoms with Gasteiger partial charge in [0, 0.05) is 19.2 Å². The lowest BCUT2D eigenvalue weighted by Crippen LogP contribution is -2.38. The molecule has 0 unspecified atom stereocenters. The third kappa shape index (κ3) is 4.80. The van der Waals surface area contributed by atoms with Gasteiger partial charge >= 0.3 is 0 Å². The van der Waals surface area contributed by atoms with E-state index in [4.69, 9.17) is 13.9 Å². The molecule has 0 bridgehead atoms. The predicted molar refractivity (Wildman–Crippen MR) is 125 cm³/mol. The normalized spacial score (nSPS) is 12.7. The molecule has 0 saturated carbocycles. The van der Waals surface area contributed by atoms with Crippen molar-refractivity contribution >= 4 is 23.3 Å². The van der Waals surface area contributed by atoms with Gasteiger partial charge in [-0.15, -0.1) is 0 Å². The Kier molecular flexibility index (Phi) is 6.67. The van der Waals surface area contributed by atoms with Crippen LogP contribution in [0.3, 0.4) is 0 Å². The minimum absolute atomic E-state index is 0.107. The van der Waals surface area contributed by atoms with Gasteiger partial charge in [0.05, 0.1) is 12.2 Å². The molecule has 2 heterocycles. The van der Waals surface area contributed by atoms with E-state index in [0.717, 1.165) is 5.56 Å². The Morgan fingerprint density at radius 3 is 2.68 bits per heavy atom. The molecule has 34 heavy (non-hydrogen) atoms. The maximum absolute atomic E-state index is 12.8. The molecule has 1 aromatic heterocycles. The number of furan rings is 1. The number of anilines is 1. The van der Waals surface area contributed by atoms with E-state index in [1.807, 2.05) is 38.1 Å². The predicted octanol–water partition coefficient (Wildman–Crippen LogP) is 3.87. The standard InChI is InChI=1S/C26H26N2O6/c1-4-27(3)26(31)24-12-10-19(34-24)14-28-20-13-18(9-11-23(20)33-16-25(28)30)21(29)15-32-22-8-6-5-7-17(22)2/h5-13H,4,14-16H2,1-3H3. The topological polar surface area (TPSA) is 89.3 Å². The summed E-state index contributed by atoms with van der Waals surface area (Å²) in [6, 6.07) is 15.7. The van der Waals surface area contributed by atoms with Crippen molar-refractivity contribution in [3.05, 3.63) is 77.2 Å². The number of ether oxygens (including phenoxy) is 2. The monoisotopic (exact) mass is 462 g/mol. The third-order valence-electron chi connectivity index (χ3n) is 5.68. The van der Waals surface area contributed by atoms with E-state index in [9.17, 15) is 14.4 Å². The van der Waals surface area contributed by atoms with Crippen LogP contribution in [0.15, 0.2) is 59.0 Å². The fraction of sp³-hybridized carbons (Fsp3) is 0.269.